The number of rotatable bonds is 7. The first-order valence-corrected chi connectivity index (χ1v) is 7.01. The zero-order valence-electron chi connectivity index (χ0n) is 10.4. The van der Waals surface area contributed by atoms with E-state index in [0.29, 0.717) is 6.04 Å². The van der Waals surface area contributed by atoms with Gasteiger partial charge in [-0.1, -0.05) is 13.0 Å². The van der Waals surface area contributed by atoms with E-state index < -0.39 is 0 Å². The maximum Gasteiger partial charge on any atom is 0.203 e. The Hall–Kier alpha value is -0.900. The van der Waals surface area contributed by atoms with E-state index in [9.17, 15) is 0 Å². The average molecular weight is 239 g/mol. The van der Waals surface area contributed by atoms with Crippen molar-refractivity contribution in [2.45, 2.75) is 26.3 Å². The van der Waals surface area contributed by atoms with Gasteiger partial charge in [0.25, 0.3) is 0 Å². The maximum atomic E-state index is 4.49. The van der Waals surface area contributed by atoms with Crippen molar-refractivity contribution in [3.8, 4) is 0 Å². The molecule has 0 saturated heterocycles. The van der Waals surface area contributed by atoms with E-state index in [1.807, 2.05) is 24.8 Å². The van der Waals surface area contributed by atoms with Gasteiger partial charge in [0.05, 0.1) is 5.69 Å². The molecule has 0 radical (unpaired) electrons. The van der Waals surface area contributed by atoms with Crippen LogP contribution in [0.25, 0.3) is 0 Å². The number of nitrogens with one attached hydrogen (secondary N) is 1. The molecule has 0 aromatic carbocycles. The molecule has 1 rings (SSSR count). The third kappa shape index (κ3) is 3.30. The number of imidazole rings is 1. The molecule has 1 aromatic rings. The summed E-state index contributed by atoms with van der Waals surface area (Å²) >= 11 is 1.87. The predicted octanol–water partition coefficient (Wildman–Crippen LogP) is 3.10. The standard InChI is InChI=1S/C12H21N3S/c1-5-7-13-12-14-10(3)8-15(12)11(6-2)9-16-4/h5,8,11H,1,6-7,9H2,2-4H3,(H,13,14). The van der Waals surface area contributed by atoms with Crippen LogP contribution in [0.15, 0.2) is 18.9 Å². The summed E-state index contributed by atoms with van der Waals surface area (Å²) in [5.41, 5.74) is 1.06. The Balaban J connectivity index is 2.86. The van der Waals surface area contributed by atoms with E-state index in [1.54, 1.807) is 0 Å². The topological polar surface area (TPSA) is 29.9 Å². The van der Waals surface area contributed by atoms with Crippen molar-refractivity contribution in [1.29, 1.82) is 0 Å². The summed E-state index contributed by atoms with van der Waals surface area (Å²) in [5, 5.41) is 3.28. The second-order valence-electron chi connectivity index (χ2n) is 3.80. The summed E-state index contributed by atoms with van der Waals surface area (Å²) in [7, 11) is 0. The Morgan fingerprint density at radius 2 is 2.44 bits per heavy atom. The number of aromatic nitrogens is 2. The fourth-order valence-corrected chi connectivity index (χ4v) is 2.46. The van der Waals surface area contributed by atoms with Gasteiger partial charge in [-0.25, -0.2) is 4.98 Å². The molecule has 1 atom stereocenters. The first kappa shape index (κ1) is 13.2. The molecule has 1 aromatic heterocycles. The van der Waals surface area contributed by atoms with Crippen LogP contribution < -0.4 is 5.32 Å². The summed E-state index contributed by atoms with van der Waals surface area (Å²) in [6.45, 7) is 8.71. The molecule has 0 fully saturated rings. The van der Waals surface area contributed by atoms with E-state index in [-0.39, 0.29) is 0 Å². The molecular formula is C12H21N3S. The first-order valence-electron chi connectivity index (χ1n) is 5.62. The van der Waals surface area contributed by atoms with Gasteiger partial charge < -0.3 is 9.88 Å². The average Bonchev–Trinajstić information content (AvgIpc) is 2.64. The fourth-order valence-electron chi connectivity index (χ4n) is 1.68. The summed E-state index contributed by atoms with van der Waals surface area (Å²) < 4.78 is 2.25. The lowest BCUT2D eigenvalue weighted by Gasteiger charge is -2.18. The number of hydrogen-bond acceptors (Lipinski definition) is 3. The molecule has 0 aliphatic heterocycles. The van der Waals surface area contributed by atoms with Gasteiger partial charge in [-0.3, -0.25) is 0 Å². The van der Waals surface area contributed by atoms with Crippen LogP contribution >= 0.6 is 11.8 Å². The zero-order chi connectivity index (χ0) is 12.0. The Morgan fingerprint density at radius 1 is 1.69 bits per heavy atom. The van der Waals surface area contributed by atoms with E-state index in [1.165, 1.54) is 0 Å². The smallest absolute Gasteiger partial charge is 0.203 e. The summed E-state index contributed by atoms with van der Waals surface area (Å²) in [6.07, 6.45) is 7.24. The van der Waals surface area contributed by atoms with Crippen molar-refractivity contribution in [3.05, 3.63) is 24.5 Å². The van der Waals surface area contributed by atoms with E-state index in [4.69, 9.17) is 0 Å². The van der Waals surface area contributed by atoms with Crippen LogP contribution in [0.3, 0.4) is 0 Å². The summed E-state index contributed by atoms with van der Waals surface area (Å²) in [6, 6.07) is 0.517. The molecule has 0 aliphatic rings. The largest absolute Gasteiger partial charge is 0.352 e. The highest BCUT2D eigenvalue weighted by Crippen LogP contribution is 2.21. The molecule has 0 spiro atoms. The molecule has 0 amide bonds. The lowest BCUT2D eigenvalue weighted by molar-refractivity contribution is 0.544. The predicted molar refractivity (Wildman–Crippen MR) is 73.4 cm³/mol. The second kappa shape index (κ2) is 6.63. The minimum atomic E-state index is 0.517. The highest BCUT2D eigenvalue weighted by Gasteiger charge is 2.13. The molecule has 0 saturated carbocycles. The Kier molecular flexibility index (Phi) is 5.46. The van der Waals surface area contributed by atoms with Crippen molar-refractivity contribution in [2.24, 2.45) is 0 Å². The highest BCUT2D eigenvalue weighted by atomic mass is 32.2. The molecule has 1 heterocycles. The van der Waals surface area contributed by atoms with E-state index in [0.717, 1.165) is 30.4 Å². The molecule has 1 N–H and O–H groups in total. The maximum absolute atomic E-state index is 4.49. The molecule has 90 valence electrons. The van der Waals surface area contributed by atoms with Crippen LogP contribution in [0.5, 0.6) is 0 Å². The van der Waals surface area contributed by atoms with Crippen LogP contribution in [-0.2, 0) is 0 Å². The van der Waals surface area contributed by atoms with Gasteiger partial charge in [0, 0.05) is 24.5 Å². The molecule has 0 aliphatic carbocycles. The van der Waals surface area contributed by atoms with E-state index >= 15 is 0 Å². The van der Waals surface area contributed by atoms with Crippen molar-refractivity contribution in [3.63, 3.8) is 0 Å². The number of nitrogens with zero attached hydrogens (tertiary/aromatic N) is 2. The van der Waals surface area contributed by atoms with Gasteiger partial charge in [0.2, 0.25) is 5.95 Å². The lowest BCUT2D eigenvalue weighted by Crippen LogP contribution is -2.14. The van der Waals surface area contributed by atoms with Crippen LogP contribution in [0, 0.1) is 6.92 Å². The lowest BCUT2D eigenvalue weighted by atomic mass is 10.2. The van der Waals surface area contributed by atoms with Crippen LogP contribution in [0.2, 0.25) is 0 Å². The van der Waals surface area contributed by atoms with Crippen molar-refractivity contribution in [2.75, 3.05) is 23.9 Å². The van der Waals surface area contributed by atoms with Crippen LogP contribution in [-0.4, -0.2) is 28.1 Å². The Morgan fingerprint density at radius 3 is 3.00 bits per heavy atom. The molecule has 3 nitrogen and oxygen atoms in total. The zero-order valence-corrected chi connectivity index (χ0v) is 11.2. The van der Waals surface area contributed by atoms with Crippen molar-refractivity contribution < 1.29 is 0 Å². The SMILES string of the molecule is C=CCNc1nc(C)cn1C(CC)CSC. The van der Waals surface area contributed by atoms with Crippen LogP contribution in [0.4, 0.5) is 5.95 Å². The monoisotopic (exact) mass is 239 g/mol. The molecule has 16 heavy (non-hydrogen) atoms. The molecular weight excluding hydrogens is 218 g/mol. The van der Waals surface area contributed by atoms with Gasteiger partial charge in [0.15, 0.2) is 0 Å². The fraction of sp³-hybridized carbons (Fsp3) is 0.583. The minimum Gasteiger partial charge on any atom is -0.352 e. The number of hydrogen-bond donors (Lipinski definition) is 1. The first-order chi connectivity index (χ1) is 7.72. The van der Waals surface area contributed by atoms with E-state index in [2.05, 4.69) is 40.8 Å². The second-order valence-corrected chi connectivity index (χ2v) is 4.71. The quantitative estimate of drug-likeness (QED) is 0.742. The molecule has 0 bridgehead atoms. The Labute approximate surface area is 102 Å². The molecule has 1 unspecified atom stereocenters. The van der Waals surface area contributed by atoms with Gasteiger partial charge in [-0.15, -0.1) is 6.58 Å². The number of anilines is 1. The van der Waals surface area contributed by atoms with Crippen molar-refractivity contribution >= 4 is 17.7 Å². The third-order valence-corrected chi connectivity index (χ3v) is 3.20. The number of aryl methyl sites for hydroxylation is 1. The highest BCUT2D eigenvalue weighted by molar-refractivity contribution is 7.98. The minimum absolute atomic E-state index is 0.517. The normalized spacial score (nSPS) is 12.4. The Bertz CT molecular complexity index is 333. The summed E-state index contributed by atoms with van der Waals surface area (Å²) in [5.74, 6) is 2.08. The third-order valence-electron chi connectivity index (χ3n) is 2.48. The van der Waals surface area contributed by atoms with Crippen molar-refractivity contribution in [1.82, 2.24) is 9.55 Å². The van der Waals surface area contributed by atoms with Gasteiger partial charge in [-0.2, -0.15) is 11.8 Å². The van der Waals surface area contributed by atoms with Crippen LogP contribution in [0.1, 0.15) is 25.1 Å². The number of thioether (sulfide) groups is 1. The van der Waals surface area contributed by atoms with Gasteiger partial charge in [0.1, 0.15) is 0 Å². The molecule has 4 heteroatoms. The summed E-state index contributed by atoms with van der Waals surface area (Å²) in [4.78, 5) is 4.49. The van der Waals surface area contributed by atoms with Gasteiger partial charge in [-0.05, 0) is 19.6 Å². The van der Waals surface area contributed by atoms with Gasteiger partial charge >= 0.3 is 0 Å².